The van der Waals surface area contributed by atoms with E-state index < -0.39 is 0 Å². The van der Waals surface area contributed by atoms with E-state index in [0.717, 1.165) is 31.4 Å². The molecule has 1 rings (SSSR count). The molecule has 0 saturated heterocycles. The number of primary amides is 1. The van der Waals surface area contributed by atoms with Gasteiger partial charge in [-0.1, -0.05) is 43.9 Å². The smallest absolute Gasteiger partial charge is 0.248 e. The van der Waals surface area contributed by atoms with E-state index in [9.17, 15) is 4.79 Å². The van der Waals surface area contributed by atoms with Gasteiger partial charge in [0.05, 0.1) is 0 Å². The fraction of sp³-hybridized carbons (Fsp3) is 0.533. The Morgan fingerprint density at radius 3 is 2.22 bits per heavy atom. The summed E-state index contributed by atoms with van der Waals surface area (Å²) in [6.07, 6.45) is 8.13. The van der Waals surface area contributed by atoms with E-state index in [1.807, 2.05) is 18.2 Å². The zero-order valence-electron chi connectivity index (χ0n) is 11.0. The Kier molecular flexibility index (Phi) is 7.11. The van der Waals surface area contributed by atoms with Gasteiger partial charge in [0.1, 0.15) is 0 Å². The van der Waals surface area contributed by atoms with Crippen LogP contribution in [0.25, 0.3) is 0 Å². The minimum Gasteiger partial charge on any atom is -0.366 e. The monoisotopic (exact) mass is 248 g/mol. The van der Waals surface area contributed by atoms with Gasteiger partial charge in [0.15, 0.2) is 0 Å². The van der Waals surface area contributed by atoms with E-state index in [4.69, 9.17) is 11.5 Å². The zero-order valence-corrected chi connectivity index (χ0v) is 11.0. The first kappa shape index (κ1) is 14.7. The highest BCUT2D eigenvalue weighted by atomic mass is 16.1. The molecule has 1 amide bonds. The minimum atomic E-state index is -0.325. The molecular formula is C15H24N2O. The number of benzene rings is 1. The number of hydrogen-bond donors (Lipinski definition) is 2. The molecule has 1 aromatic carbocycles. The van der Waals surface area contributed by atoms with Gasteiger partial charge in [0.2, 0.25) is 5.91 Å². The number of nitrogens with two attached hydrogens (primary N) is 2. The summed E-state index contributed by atoms with van der Waals surface area (Å²) in [5, 5.41) is 0. The number of carbonyl (C=O) groups is 1. The highest BCUT2D eigenvalue weighted by Gasteiger charge is 2.06. The van der Waals surface area contributed by atoms with Crippen molar-refractivity contribution in [1.82, 2.24) is 0 Å². The van der Waals surface area contributed by atoms with E-state index in [2.05, 4.69) is 0 Å². The number of unbranched alkanes of at least 4 members (excludes halogenated alkanes) is 5. The maximum Gasteiger partial charge on any atom is 0.248 e. The summed E-state index contributed by atoms with van der Waals surface area (Å²) in [5.41, 5.74) is 12.5. The maximum absolute atomic E-state index is 11.2. The van der Waals surface area contributed by atoms with Crippen molar-refractivity contribution in [2.24, 2.45) is 11.5 Å². The molecule has 1 aromatic rings. The second kappa shape index (κ2) is 8.70. The van der Waals surface area contributed by atoms with Crippen molar-refractivity contribution in [3.63, 3.8) is 0 Å². The van der Waals surface area contributed by atoms with Gasteiger partial charge in [-0.3, -0.25) is 4.79 Å². The lowest BCUT2D eigenvalue weighted by Gasteiger charge is -2.06. The van der Waals surface area contributed by atoms with Crippen LogP contribution in [-0.2, 0) is 6.42 Å². The van der Waals surface area contributed by atoms with Crippen molar-refractivity contribution in [2.75, 3.05) is 6.54 Å². The average Bonchev–Trinajstić information content (AvgIpc) is 2.38. The molecule has 100 valence electrons. The van der Waals surface area contributed by atoms with Crippen molar-refractivity contribution in [3.05, 3.63) is 35.4 Å². The Morgan fingerprint density at radius 2 is 1.56 bits per heavy atom. The van der Waals surface area contributed by atoms with Crippen LogP contribution in [0.3, 0.4) is 0 Å². The SMILES string of the molecule is NCCCCCCCCc1ccccc1C(N)=O. The summed E-state index contributed by atoms with van der Waals surface area (Å²) >= 11 is 0. The van der Waals surface area contributed by atoms with E-state index >= 15 is 0 Å². The Balaban J connectivity index is 2.25. The van der Waals surface area contributed by atoms with Crippen LogP contribution in [0.15, 0.2) is 24.3 Å². The summed E-state index contributed by atoms with van der Waals surface area (Å²) < 4.78 is 0. The third kappa shape index (κ3) is 5.32. The fourth-order valence-electron chi connectivity index (χ4n) is 2.15. The van der Waals surface area contributed by atoms with Crippen molar-refractivity contribution in [2.45, 2.75) is 44.9 Å². The Labute approximate surface area is 110 Å². The molecule has 18 heavy (non-hydrogen) atoms. The van der Waals surface area contributed by atoms with Crippen molar-refractivity contribution < 1.29 is 4.79 Å². The van der Waals surface area contributed by atoms with Gasteiger partial charge < -0.3 is 11.5 Å². The van der Waals surface area contributed by atoms with Crippen LogP contribution in [0.2, 0.25) is 0 Å². The second-order valence-corrected chi connectivity index (χ2v) is 4.68. The largest absolute Gasteiger partial charge is 0.366 e. The molecule has 0 radical (unpaired) electrons. The molecule has 0 heterocycles. The second-order valence-electron chi connectivity index (χ2n) is 4.68. The summed E-state index contributed by atoms with van der Waals surface area (Å²) in [5.74, 6) is -0.325. The fourth-order valence-corrected chi connectivity index (χ4v) is 2.15. The summed E-state index contributed by atoms with van der Waals surface area (Å²) in [7, 11) is 0. The lowest BCUT2D eigenvalue weighted by Crippen LogP contribution is -2.13. The van der Waals surface area contributed by atoms with Crippen molar-refractivity contribution in [3.8, 4) is 0 Å². The van der Waals surface area contributed by atoms with E-state index in [0.29, 0.717) is 5.56 Å². The molecule has 0 aromatic heterocycles. The standard InChI is InChI=1S/C15H24N2O/c16-12-8-4-2-1-3-5-9-13-10-6-7-11-14(13)15(17)18/h6-7,10-11H,1-5,8-9,12,16H2,(H2,17,18). The molecule has 0 aliphatic carbocycles. The molecule has 0 aliphatic rings. The Morgan fingerprint density at radius 1 is 0.944 bits per heavy atom. The predicted octanol–water partition coefficient (Wildman–Crippen LogP) is 2.63. The molecule has 0 atom stereocenters. The van der Waals surface area contributed by atoms with Gasteiger partial charge >= 0.3 is 0 Å². The number of rotatable bonds is 9. The van der Waals surface area contributed by atoms with Crippen molar-refractivity contribution in [1.29, 1.82) is 0 Å². The Bertz CT molecular complexity index is 363. The summed E-state index contributed by atoms with van der Waals surface area (Å²) in [6.45, 7) is 0.798. The number of amides is 1. The van der Waals surface area contributed by atoms with Crippen LogP contribution in [0.5, 0.6) is 0 Å². The minimum absolute atomic E-state index is 0.325. The van der Waals surface area contributed by atoms with Crippen LogP contribution >= 0.6 is 0 Å². The van der Waals surface area contributed by atoms with Crippen LogP contribution in [-0.4, -0.2) is 12.5 Å². The van der Waals surface area contributed by atoms with Crippen LogP contribution < -0.4 is 11.5 Å². The van der Waals surface area contributed by atoms with Gasteiger partial charge in [-0.05, 0) is 37.4 Å². The molecule has 0 spiro atoms. The molecule has 0 unspecified atom stereocenters. The molecule has 0 saturated carbocycles. The third-order valence-electron chi connectivity index (χ3n) is 3.18. The summed E-state index contributed by atoms with van der Waals surface area (Å²) in [4.78, 5) is 11.2. The van der Waals surface area contributed by atoms with Crippen LogP contribution in [0, 0.1) is 0 Å². The molecule has 3 heteroatoms. The molecule has 0 fully saturated rings. The van der Waals surface area contributed by atoms with Gasteiger partial charge in [-0.2, -0.15) is 0 Å². The lowest BCUT2D eigenvalue weighted by atomic mass is 10.00. The molecule has 0 bridgehead atoms. The number of hydrogen-bond acceptors (Lipinski definition) is 2. The topological polar surface area (TPSA) is 69.1 Å². The van der Waals surface area contributed by atoms with Crippen molar-refractivity contribution >= 4 is 5.91 Å². The van der Waals surface area contributed by atoms with E-state index in [-0.39, 0.29) is 5.91 Å². The van der Waals surface area contributed by atoms with Gasteiger partial charge in [-0.15, -0.1) is 0 Å². The number of carbonyl (C=O) groups excluding carboxylic acids is 1. The first-order valence-corrected chi connectivity index (χ1v) is 6.83. The first-order valence-electron chi connectivity index (χ1n) is 6.83. The normalized spacial score (nSPS) is 10.5. The molecule has 3 nitrogen and oxygen atoms in total. The van der Waals surface area contributed by atoms with Gasteiger partial charge in [0.25, 0.3) is 0 Å². The van der Waals surface area contributed by atoms with E-state index in [1.165, 1.54) is 25.7 Å². The highest BCUT2D eigenvalue weighted by Crippen LogP contribution is 2.13. The molecule has 0 aliphatic heterocycles. The summed E-state index contributed by atoms with van der Waals surface area (Å²) in [6, 6.07) is 7.62. The molecule has 4 N–H and O–H groups in total. The third-order valence-corrected chi connectivity index (χ3v) is 3.18. The quantitative estimate of drug-likeness (QED) is 0.660. The number of aryl methyl sites for hydroxylation is 1. The van der Waals surface area contributed by atoms with E-state index in [1.54, 1.807) is 6.07 Å². The maximum atomic E-state index is 11.2. The van der Waals surface area contributed by atoms with Crippen LogP contribution in [0.4, 0.5) is 0 Å². The van der Waals surface area contributed by atoms with Gasteiger partial charge in [0, 0.05) is 5.56 Å². The average molecular weight is 248 g/mol. The predicted molar refractivity (Wildman–Crippen MR) is 75.4 cm³/mol. The first-order chi connectivity index (χ1) is 8.75. The Hall–Kier alpha value is -1.35. The zero-order chi connectivity index (χ0) is 13.2. The molecular weight excluding hydrogens is 224 g/mol. The lowest BCUT2D eigenvalue weighted by molar-refractivity contribution is 0.0999. The highest BCUT2D eigenvalue weighted by molar-refractivity contribution is 5.94. The van der Waals surface area contributed by atoms with Gasteiger partial charge in [-0.25, -0.2) is 0 Å². The van der Waals surface area contributed by atoms with Crippen LogP contribution in [0.1, 0.15) is 54.4 Å².